The van der Waals surface area contributed by atoms with Crippen LogP contribution in [0.3, 0.4) is 0 Å². The van der Waals surface area contributed by atoms with Crippen molar-refractivity contribution >= 4 is 9.76 Å². The average Bonchev–Trinajstić information content (AvgIpc) is 2.37. The Kier molecular flexibility index (Phi) is 16.0. The maximum Gasteiger partial charge on any atom is 0.270 e. The van der Waals surface area contributed by atoms with Gasteiger partial charge in [-0.25, -0.2) is 0 Å². The van der Waals surface area contributed by atoms with Gasteiger partial charge < -0.3 is 29.8 Å². The molecule has 4 N–H and O–H groups in total. The van der Waals surface area contributed by atoms with Crippen LogP contribution in [0.25, 0.3) is 0 Å². The van der Waals surface area contributed by atoms with E-state index >= 15 is 0 Å². The minimum Gasteiger partial charge on any atom is -0.394 e. The Balaban J connectivity index is 0. The van der Waals surface area contributed by atoms with E-state index in [1.54, 1.807) is 6.92 Å². The van der Waals surface area contributed by atoms with Gasteiger partial charge in [-0.05, 0) is 13.1 Å². The van der Waals surface area contributed by atoms with Crippen molar-refractivity contribution in [2.24, 2.45) is 5.73 Å². The van der Waals surface area contributed by atoms with Crippen LogP contribution in [0.15, 0.2) is 0 Å². The maximum absolute atomic E-state index is 8.65. The molecule has 0 radical (unpaired) electrons. The Morgan fingerprint density at radius 1 is 1.12 bits per heavy atom. The zero-order valence-electron chi connectivity index (χ0n) is 11.1. The van der Waals surface area contributed by atoms with E-state index in [2.05, 4.69) is 12.7 Å². The van der Waals surface area contributed by atoms with Gasteiger partial charge in [0.2, 0.25) is 0 Å². The van der Waals surface area contributed by atoms with Crippen LogP contribution in [0.1, 0.15) is 20.3 Å². The van der Waals surface area contributed by atoms with E-state index in [-0.39, 0.29) is 26.4 Å². The molecule has 17 heavy (non-hydrogen) atoms. The van der Waals surface area contributed by atoms with Gasteiger partial charge in [0.25, 0.3) is 5.97 Å². The average molecular weight is 269 g/mol. The van der Waals surface area contributed by atoms with E-state index in [1.165, 1.54) is 7.05 Å². The van der Waals surface area contributed by atoms with Crippen LogP contribution in [0, 0.1) is 0 Å². The lowest BCUT2D eigenvalue weighted by molar-refractivity contribution is -0.336. The summed E-state index contributed by atoms with van der Waals surface area (Å²) in [5, 5.41) is 17.3. The fraction of sp³-hybridized carbons (Fsp3) is 1.00. The molecule has 0 atom stereocenters. The fourth-order valence-electron chi connectivity index (χ4n) is 0.989. The quantitative estimate of drug-likeness (QED) is 0.273. The zero-order valence-corrected chi connectivity index (χ0v) is 12.6. The summed E-state index contributed by atoms with van der Waals surface area (Å²) >= 11 is 0. The summed E-state index contributed by atoms with van der Waals surface area (Å²) in [4.78, 5) is 0. The van der Waals surface area contributed by atoms with Gasteiger partial charge in [0.05, 0.1) is 26.4 Å². The van der Waals surface area contributed by atoms with E-state index in [0.29, 0.717) is 0 Å². The molecule has 0 fully saturated rings. The first-order chi connectivity index (χ1) is 8.18. The molecule has 0 rings (SSSR count). The van der Waals surface area contributed by atoms with Crippen LogP contribution in [0.4, 0.5) is 0 Å². The van der Waals surface area contributed by atoms with Crippen molar-refractivity contribution in [3.8, 4) is 0 Å². The predicted molar refractivity (Wildman–Crippen MR) is 69.3 cm³/mol. The second-order valence-corrected chi connectivity index (χ2v) is 4.61. The van der Waals surface area contributed by atoms with Gasteiger partial charge in [0.15, 0.2) is 9.76 Å². The summed E-state index contributed by atoms with van der Waals surface area (Å²) in [6.07, 6.45) is 1.09. The lowest BCUT2D eigenvalue weighted by atomic mass is 10.6. The van der Waals surface area contributed by atoms with E-state index < -0.39 is 15.7 Å². The molecule has 0 heterocycles. The van der Waals surface area contributed by atoms with E-state index in [4.69, 9.17) is 24.1 Å². The van der Waals surface area contributed by atoms with Crippen LogP contribution in [-0.2, 0) is 13.9 Å². The molecule has 0 aromatic heterocycles. The smallest absolute Gasteiger partial charge is 0.270 e. The van der Waals surface area contributed by atoms with Crippen molar-refractivity contribution < 1.29 is 24.1 Å². The molecular weight excluding hydrogens is 242 g/mol. The number of aliphatic hydroxyl groups excluding tert-OH is 2. The van der Waals surface area contributed by atoms with Gasteiger partial charge in [0.1, 0.15) is 0 Å². The third-order valence-electron chi connectivity index (χ3n) is 1.77. The largest absolute Gasteiger partial charge is 0.394 e. The highest BCUT2D eigenvalue weighted by atomic mass is 28.2. The van der Waals surface area contributed by atoms with Crippen LogP contribution in [-0.4, -0.2) is 59.4 Å². The SMILES string of the molecule is CCC[SiH2]OC(C)(OCCO)OCCO.CN. The summed E-state index contributed by atoms with van der Waals surface area (Å²) in [7, 11) is 0.838. The Bertz CT molecular complexity index is 143. The molecule has 0 spiro atoms. The van der Waals surface area contributed by atoms with Crippen molar-refractivity contribution in [2.75, 3.05) is 33.5 Å². The third-order valence-corrected chi connectivity index (χ3v) is 3.50. The van der Waals surface area contributed by atoms with Crippen molar-refractivity contribution in [1.29, 1.82) is 0 Å². The minimum absolute atomic E-state index is 0.0727. The number of nitrogens with two attached hydrogens (primary N) is 1. The van der Waals surface area contributed by atoms with E-state index in [9.17, 15) is 0 Å². The Morgan fingerprint density at radius 3 is 1.94 bits per heavy atom. The van der Waals surface area contributed by atoms with Gasteiger partial charge in [-0.2, -0.15) is 0 Å². The van der Waals surface area contributed by atoms with Crippen molar-refractivity contribution in [3.05, 3.63) is 0 Å². The molecule has 0 aromatic rings. The number of ether oxygens (including phenoxy) is 2. The number of aliphatic hydroxyl groups is 2. The van der Waals surface area contributed by atoms with Crippen molar-refractivity contribution in [1.82, 2.24) is 0 Å². The highest BCUT2D eigenvalue weighted by Gasteiger charge is 2.26. The molecule has 0 saturated carbocycles. The molecular formula is C10H27NO5Si. The Morgan fingerprint density at radius 2 is 1.59 bits per heavy atom. The van der Waals surface area contributed by atoms with Crippen LogP contribution in [0.2, 0.25) is 6.04 Å². The monoisotopic (exact) mass is 269 g/mol. The second kappa shape index (κ2) is 14.0. The Hall–Kier alpha value is -0.0231. The summed E-state index contributed by atoms with van der Waals surface area (Å²) in [5.74, 6) is -1.10. The Labute approximate surface area is 106 Å². The summed E-state index contributed by atoms with van der Waals surface area (Å²) in [6.45, 7) is 3.95. The fourth-order valence-corrected chi connectivity index (χ4v) is 1.96. The standard InChI is InChI=1S/C9H22O5Si.CH5N/c1-3-8-15-14-9(2,12-6-4-10)13-7-5-11;1-2/h10-11H,3-8,15H2,1-2H3;2H2,1H3. The third kappa shape index (κ3) is 12.2. The first-order valence-electron chi connectivity index (χ1n) is 5.90. The molecule has 106 valence electrons. The normalized spacial score (nSPS) is 11.6. The highest BCUT2D eigenvalue weighted by molar-refractivity contribution is 6.27. The minimum atomic E-state index is -1.10. The molecule has 0 aliphatic carbocycles. The van der Waals surface area contributed by atoms with Crippen LogP contribution >= 0.6 is 0 Å². The van der Waals surface area contributed by atoms with Crippen molar-refractivity contribution in [3.63, 3.8) is 0 Å². The number of hydrogen-bond donors (Lipinski definition) is 3. The summed E-state index contributed by atoms with van der Waals surface area (Å²) < 4.78 is 16.1. The molecule has 7 heteroatoms. The summed E-state index contributed by atoms with van der Waals surface area (Å²) in [5.41, 5.74) is 4.50. The maximum atomic E-state index is 8.65. The van der Waals surface area contributed by atoms with E-state index in [1.807, 2.05) is 0 Å². The van der Waals surface area contributed by atoms with Gasteiger partial charge in [0, 0.05) is 6.92 Å². The molecule has 6 nitrogen and oxygen atoms in total. The molecule has 0 aliphatic rings. The van der Waals surface area contributed by atoms with Crippen LogP contribution < -0.4 is 5.73 Å². The van der Waals surface area contributed by atoms with Gasteiger partial charge in [-0.1, -0.05) is 13.3 Å². The topological polar surface area (TPSA) is 94.2 Å². The van der Waals surface area contributed by atoms with Crippen molar-refractivity contribution in [2.45, 2.75) is 32.3 Å². The molecule has 0 amide bonds. The lowest BCUT2D eigenvalue weighted by Gasteiger charge is -2.29. The van der Waals surface area contributed by atoms with Crippen LogP contribution in [0.5, 0.6) is 0 Å². The second-order valence-electron chi connectivity index (χ2n) is 3.21. The van der Waals surface area contributed by atoms with Gasteiger partial charge in [-0.3, -0.25) is 0 Å². The predicted octanol–water partition coefficient (Wildman–Crippen LogP) is -0.818. The molecule has 0 aromatic carbocycles. The van der Waals surface area contributed by atoms with Gasteiger partial charge >= 0.3 is 0 Å². The molecule has 0 bridgehead atoms. The highest BCUT2D eigenvalue weighted by Crippen LogP contribution is 2.14. The lowest BCUT2D eigenvalue weighted by Crippen LogP contribution is -2.38. The zero-order chi connectivity index (χ0) is 13.6. The molecule has 0 aliphatic heterocycles. The van der Waals surface area contributed by atoms with Gasteiger partial charge in [-0.15, -0.1) is 0 Å². The molecule has 0 unspecified atom stereocenters. The summed E-state index contributed by atoms with van der Waals surface area (Å²) in [6, 6.07) is 1.06. The molecule has 0 saturated heterocycles. The first kappa shape index (κ1) is 19.3. The van der Waals surface area contributed by atoms with E-state index in [0.717, 1.165) is 12.5 Å². The number of rotatable bonds is 10. The first-order valence-corrected chi connectivity index (χ1v) is 7.47. The number of hydrogen-bond acceptors (Lipinski definition) is 6.